The summed E-state index contributed by atoms with van der Waals surface area (Å²) in [5.74, 6) is 3.09. The van der Waals surface area contributed by atoms with Gasteiger partial charge in [0.25, 0.3) is 0 Å². The molecule has 7 nitrogen and oxygen atoms in total. The Balaban J connectivity index is 1.79. The molecule has 0 aliphatic carbocycles. The lowest BCUT2D eigenvalue weighted by Crippen LogP contribution is -2.19. The van der Waals surface area contributed by atoms with E-state index in [-0.39, 0.29) is 6.04 Å². The highest BCUT2D eigenvalue weighted by Gasteiger charge is 2.26. The van der Waals surface area contributed by atoms with Gasteiger partial charge in [0.15, 0.2) is 0 Å². The molecule has 0 spiro atoms. The standard InChI is InChI=1S/C24H28N4O3/c1-13(2)28-23-17-11-21(29-5)18(22-14(3)27-31-15(22)4)10-19(17)25-12-20(23)26-24(28)16-6-8-30-9-7-16/h10-13,16H,6-9H2,1-5H3. The maximum atomic E-state index is 5.82. The van der Waals surface area contributed by atoms with Crippen molar-refractivity contribution in [1.29, 1.82) is 0 Å². The molecule has 0 atom stereocenters. The Morgan fingerprint density at radius 2 is 1.90 bits per heavy atom. The molecule has 0 radical (unpaired) electrons. The molecule has 0 N–H and O–H groups in total. The lowest BCUT2D eigenvalue weighted by atomic mass is 9.99. The van der Waals surface area contributed by atoms with Crippen LogP contribution in [0.1, 0.15) is 55.9 Å². The van der Waals surface area contributed by atoms with Crippen LogP contribution in [0.4, 0.5) is 0 Å². The number of hydrogen-bond acceptors (Lipinski definition) is 6. The van der Waals surface area contributed by atoms with Crippen LogP contribution in [0.2, 0.25) is 0 Å². The highest BCUT2D eigenvalue weighted by atomic mass is 16.5. The number of ether oxygens (including phenoxy) is 2. The van der Waals surface area contributed by atoms with E-state index in [4.69, 9.17) is 24.0 Å². The quantitative estimate of drug-likeness (QED) is 0.444. The average Bonchev–Trinajstić information content (AvgIpc) is 3.33. The van der Waals surface area contributed by atoms with Crippen LogP contribution in [-0.2, 0) is 4.74 Å². The molecule has 1 aromatic carbocycles. The molecule has 0 amide bonds. The highest BCUT2D eigenvalue weighted by Crippen LogP contribution is 2.40. The monoisotopic (exact) mass is 420 g/mol. The molecule has 0 bridgehead atoms. The van der Waals surface area contributed by atoms with E-state index >= 15 is 0 Å². The highest BCUT2D eigenvalue weighted by molar-refractivity contribution is 6.05. The summed E-state index contributed by atoms with van der Waals surface area (Å²) in [7, 11) is 1.70. The lowest BCUT2D eigenvalue weighted by molar-refractivity contribution is 0.0827. The zero-order valence-electron chi connectivity index (χ0n) is 18.7. The number of aryl methyl sites for hydroxylation is 2. The number of rotatable bonds is 4. The molecule has 1 aliphatic rings. The van der Waals surface area contributed by atoms with Crippen LogP contribution in [0.5, 0.6) is 5.75 Å². The number of imidazole rings is 1. The molecule has 3 aromatic heterocycles. The summed E-state index contributed by atoms with van der Waals surface area (Å²) >= 11 is 0. The van der Waals surface area contributed by atoms with Gasteiger partial charge in [-0.3, -0.25) is 4.98 Å². The molecule has 31 heavy (non-hydrogen) atoms. The van der Waals surface area contributed by atoms with Crippen molar-refractivity contribution in [3.05, 3.63) is 35.6 Å². The van der Waals surface area contributed by atoms with Crippen molar-refractivity contribution in [2.24, 2.45) is 0 Å². The topological polar surface area (TPSA) is 75.2 Å². The molecule has 7 heteroatoms. The molecule has 4 heterocycles. The minimum absolute atomic E-state index is 0.279. The van der Waals surface area contributed by atoms with Gasteiger partial charge in [-0.1, -0.05) is 5.16 Å². The summed E-state index contributed by atoms with van der Waals surface area (Å²) in [5.41, 5.74) is 5.69. The summed E-state index contributed by atoms with van der Waals surface area (Å²) in [4.78, 5) is 9.81. The summed E-state index contributed by atoms with van der Waals surface area (Å²) in [6.07, 6.45) is 3.89. The predicted molar refractivity (Wildman–Crippen MR) is 120 cm³/mol. The normalized spacial score (nSPS) is 15.4. The van der Waals surface area contributed by atoms with Gasteiger partial charge < -0.3 is 18.6 Å². The van der Waals surface area contributed by atoms with Crippen molar-refractivity contribution in [2.45, 2.75) is 52.5 Å². The van der Waals surface area contributed by atoms with E-state index in [1.165, 1.54) is 0 Å². The SMILES string of the molecule is COc1cc2c(cc1-c1c(C)noc1C)ncc1nc(C3CCOCC3)n(C(C)C)c12. The fraction of sp³-hybridized carbons (Fsp3) is 0.458. The number of fused-ring (bicyclic) bond motifs is 3. The van der Waals surface area contributed by atoms with E-state index in [2.05, 4.69) is 35.7 Å². The van der Waals surface area contributed by atoms with Crippen LogP contribution in [0, 0.1) is 13.8 Å². The van der Waals surface area contributed by atoms with Gasteiger partial charge >= 0.3 is 0 Å². The molecule has 1 aliphatic heterocycles. The summed E-state index contributed by atoms with van der Waals surface area (Å²) in [6, 6.07) is 4.44. The third kappa shape index (κ3) is 3.19. The van der Waals surface area contributed by atoms with Gasteiger partial charge in [0.05, 0.1) is 35.6 Å². The molecular formula is C24H28N4O3. The first kappa shape index (κ1) is 20.0. The predicted octanol–water partition coefficient (Wildman–Crippen LogP) is 5.34. The number of nitrogens with zero attached hydrogens (tertiary/aromatic N) is 4. The Morgan fingerprint density at radius 1 is 1.13 bits per heavy atom. The van der Waals surface area contributed by atoms with Crippen molar-refractivity contribution in [3.63, 3.8) is 0 Å². The Kier molecular flexibility index (Phi) is 4.93. The smallest absolute Gasteiger partial charge is 0.141 e. The van der Waals surface area contributed by atoms with E-state index in [1.807, 2.05) is 20.0 Å². The Labute approximate surface area is 181 Å². The van der Waals surface area contributed by atoms with Crippen LogP contribution in [0.25, 0.3) is 33.1 Å². The van der Waals surface area contributed by atoms with Crippen LogP contribution < -0.4 is 4.74 Å². The number of methoxy groups -OCH3 is 1. The lowest BCUT2D eigenvalue weighted by Gasteiger charge is -2.24. The zero-order valence-corrected chi connectivity index (χ0v) is 18.7. The van der Waals surface area contributed by atoms with Gasteiger partial charge in [-0.15, -0.1) is 0 Å². The fourth-order valence-corrected chi connectivity index (χ4v) is 4.82. The first-order chi connectivity index (χ1) is 15.0. The molecule has 5 rings (SSSR count). The first-order valence-electron chi connectivity index (χ1n) is 10.9. The van der Waals surface area contributed by atoms with Crippen molar-refractivity contribution in [2.75, 3.05) is 20.3 Å². The molecular weight excluding hydrogens is 392 g/mol. The van der Waals surface area contributed by atoms with Crippen molar-refractivity contribution >= 4 is 21.9 Å². The molecule has 1 fully saturated rings. The van der Waals surface area contributed by atoms with Crippen LogP contribution in [0.15, 0.2) is 22.9 Å². The van der Waals surface area contributed by atoms with Gasteiger partial charge in [0, 0.05) is 36.1 Å². The van der Waals surface area contributed by atoms with E-state index in [0.29, 0.717) is 5.92 Å². The second-order valence-electron chi connectivity index (χ2n) is 8.58. The van der Waals surface area contributed by atoms with Gasteiger partial charge in [-0.05, 0) is 52.7 Å². The second-order valence-corrected chi connectivity index (χ2v) is 8.58. The Morgan fingerprint density at radius 3 is 2.55 bits per heavy atom. The van der Waals surface area contributed by atoms with Gasteiger partial charge in [0.1, 0.15) is 22.9 Å². The Hall–Kier alpha value is -2.93. The van der Waals surface area contributed by atoms with E-state index in [9.17, 15) is 0 Å². The third-order valence-corrected chi connectivity index (χ3v) is 6.27. The van der Waals surface area contributed by atoms with Gasteiger partial charge in [-0.2, -0.15) is 0 Å². The van der Waals surface area contributed by atoms with Crippen LogP contribution >= 0.6 is 0 Å². The largest absolute Gasteiger partial charge is 0.496 e. The first-order valence-corrected chi connectivity index (χ1v) is 10.9. The van der Waals surface area contributed by atoms with Crippen molar-refractivity contribution in [3.8, 4) is 16.9 Å². The molecule has 0 saturated carbocycles. The number of hydrogen-bond donors (Lipinski definition) is 0. The molecule has 4 aromatic rings. The summed E-state index contributed by atoms with van der Waals surface area (Å²) in [5, 5.41) is 5.16. The minimum Gasteiger partial charge on any atom is -0.496 e. The van der Waals surface area contributed by atoms with E-state index in [0.717, 1.165) is 82.1 Å². The number of benzene rings is 1. The van der Waals surface area contributed by atoms with E-state index < -0.39 is 0 Å². The summed E-state index contributed by atoms with van der Waals surface area (Å²) in [6.45, 7) is 9.88. The minimum atomic E-state index is 0.279. The second kappa shape index (κ2) is 7.64. The molecule has 0 unspecified atom stereocenters. The fourth-order valence-electron chi connectivity index (χ4n) is 4.82. The maximum Gasteiger partial charge on any atom is 0.141 e. The van der Waals surface area contributed by atoms with E-state index in [1.54, 1.807) is 7.11 Å². The maximum absolute atomic E-state index is 5.82. The van der Waals surface area contributed by atoms with Crippen molar-refractivity contribution < 1.29 is 14.0 Å². The van der Waals surface area contributed by atoms with Crippen molar-refractivity contribution in [1.82, 2.24) is 19.7 Å². The third-order valence-electron chi connectivity index (χ3n) is 6.27. The van der Waals surface area contributed by atoms with Crippen LogP contribution in [0.3, 0.4) is 0 Å². The van der Waals surface area contributed by atoms with Gasteiger partial charge in [0.2, 0.25) is 0 Å². The van der Waals surface area contributed by atoms with Gasteiger partial charge in [-0.25, -0.2) is 4.98 Å². The average molecular weight is 421 g/mol. The number of pyridine rings is 1. The summed E-state index contributed by atoms with van der Waals surface area (Å²) < 4.78 is 19.2. The van der Waals surface area contributed by atoms with Crippen LogP contribution in [-0.4, -0.2) is 40.0 Å². The molecule has 1 saturated heterocycles. The molecule has 162 valence electrons. The zero-order chi connectivity index (χ0) is 21.7. The number of aromatic nitrogens is 4. The Bertz CT molecular complexity index is 1250.